The van der Waals surface area contributed by atoms with Crippen molar-refractivity contribution in [2.45, 2.75) is 55.0 Å². The van der Waals surface area contributed by atoms with E-state index in [0.29, 0.717) is 17.2 Å². The Labute approximate surface area is 174 Å². The minimum atomic E-state index is -3.79. The van der Waals surface area contributed by atoms with Crippen LogP contribution in [0.4, 0.5) is 0 Å². The number of rotatable bonds is 6. The van der Waals surface area contributed by atoms with Crippen LogP contribution in [-0.2, 0) is 29.4 Å². The maximum atomic E-state index is 13.0. The van der Waals surface area contributed by atoms with E-state index in [4.69, 9.17) is 5.14 Å². The zero-order valence-electron chi connectivity index (χ0n) is 16.4. The Morgan fingerprint density at radius 1 is 1.21 bits per heavy atom. The summed E-state index contributed by atoms with van der Waals surface area (Å²) in [5.41, 5.74) is 4.74. The molecule has 1 aliphatic rings. The van der Waals surface area contributed by atoms with E-state index in [1.807, 2.05) is 30.5 Å². The van der Waals surface area contributed by atoms with E-state index >= 15 is 0 Å². The van der Waals surface area contributed by atoms with Gasteiger partial charge < -0.3 is 4.57 Å². The van der Waals surface area contributed by atoms with Crippen LogP contribution in [0.2, 0.25) is 0 Å². The fourth-order valence-corrected chi connectivity index (χ4v) is 5.43. The number of ketones is 1. The first-order valence-corrected chi connectivity index (χ1v) is 12.1. The number of benzene rings is 2. The Morgan fingerprint density at radius 3 is 2.69 bits per heavy atom. The lowest BCUT2D eigenvalue weighted by atomic mass is 10.0. The lowest BCUT2D eigenvalue weighted by Crippen LogP contribution is -2.15. The van der Waals surface area contributed by atoms with Gasteiger partial charge in [-0.25, -0.2) is 18.5 Å². The number of primary sulfonamides is 1. The van der Waals surface area contributed by atoms with E-state index in [1.54, 1.807) is 6.07 Å². The van der Waals surface area contributed by atoms with Crippen LogP contribution in [0.15, 0.2) is 46.5 Å². The molecule has 3 aromatic rings. The molecule has 0 aliphatic heterocycles. The van der Waals surface area contributed by atoms with Crippen LogP contribution in [-0.4, -0.2) is 29.0 Å². The SMILES string of the molecule is CCn1c(SC(C)C(=O)c2ccc3c(c2)CCC3)nc2cc(S(N)(=O)=O)ccc21. The highest BCUT2D eigenvalue weighted by Crippen LogP contribution is 2.31. The third-order valence-electron chi connectivity index (χ3n) is 5.36. The molecule has 0 radical (unpaired) electrons. The fraction of sp³-hybridized carbons (Fsp3) is 0.333. The van der Waals surface area contributed by atoms with Gasteiger partial charge in [0.25, 0.3) is 0 Å². The van der Waals surface area contributed by atoms with Crippen molar-refractivity contribution in [2.24, 2.45) is 5.14 Å². The fourth-order valence-electron chi connectivity index (χ4n) is 3.83. The van der Waals surface area contributed by atoms with E-state index in [9.17, 15) is 13.2 Å². The summed E-state index contributed by atoms with van der Waals surface area (Å²) in [6.45, 7) is 4.54. The first-order valence-electron chi connectivity index (χ1n) is 9.63. The number of nitrogens with two attached hydrogens (primary N) is 1. The number of imidazole rings is 1. The van der Waals surface area contributed by atoms with Gasteiger partial charge in [0, 0.05) is 12.1 Å². The van der Waals surface area contributed by atoms with Crippen LogP contribution in [0.1, 0.15) is 41.8 Å². The van der Waals surface area contributed by atoms with Crippen molar-refractivity contribution in [1.29, 1.82) is 0 Å². The van der Waals surface area contributed by atoms with Gasteiger partial charge in [-0.1, -0.05) is 23.9 Å². The van der Waals surface area contributed by atoms with E-state index in [1.165, 1.54) is 35.0 Å². The monoisotopic (exact) mass is 429 g/mol. The van der Waals surface area contributed by atoms with Gasteiger partial charge in [0.2, 0.25) is 10.0 Å². The molecule has 6 nitrogen and oxygen atoms in total. The summed E-state index contributed by atoms with van der Waals surface area (Å²) in [5.74, 6) is 0.0737. The van der Waals surface area contributed by atoms with Crippen LogP contribution >= 0.6 is 11.8 Å². The van der Waals surface area contributed by atoms with Crippen LogP contribution in [0, 0.1) is 0 Å². The molecule has 0 fully saturated rings. The predicted octanol–water partition coefficient (Wildman–Crippen LogP) is 3.56. The number of aromatic nitrogens is 2. The highest BCUT2D eigenvalue weighted by molar-refractivity contribution is 8.00. The molecule has 1 aromatic heterocycles. The molecule has 152 valence electrons. The third-order valence-corrected chi connectivity index (χ3v) is 7.36. The predicted molar refractivity (Wildman–Crippen MR) is 115 cm³/mol. The summed E-state index contributed by atoms with van der Waals surface area (Å²) in [4.78, 5) is 17.6. The smallest absolute Gasteiger partial charge is 0.238 e. The summed E-state index contributed by atoms with van der Waals surface area (Å²) in [6, 6.07) is 10.7. The maximum absolute atomic E-state index is 13.0. The first kappa shape index (κ1) is 20.1. The minimum absolute atomic E-state index is 0.0320. The van der Waals surface area contributed by atoms with Gasteiger partial charge in [-0.05, 0) is 68.5 Å². The highest BCUT2D eigenvalue weighted by atomic mass is 32.2. The van der Waals surface area contributed by atoms with E-state index in [0.717, 1.165) is 30.3 Å². The molecule has 1 aliphatic carbocycles. The minimum Gasteiger partial charge on any atom is -0.319 e. The van der Waals surface area contributed by atoms with Crippen LogP contribution in [0.5, 0.6) is 0 Å². The second-order valence-corrected chi connectivity index (χ2v) is 10.2. The first-order chi connectivity index (χ1) is 13.8. The second kappa shape index (κ2) is 7.59. The molecule has 1 heterocycles. The summed E-state index contributed by atoms with van der Waals surface area (Å²) < 4.78 is 25.3. The van der Waals surface area contributed by atoms with Gasteiger partial charge in [0.05, 0.1) is 21.2 Å². The number of carbonyl (C=O) groups excluding carboxylic acids is 1. The second-order valence-electron chi connectivity index (χ2n) is 7.30. The molecular weight excluding hydrogens is 406 g/mol. The summed E-state index contributed by atoms with van der Waals surface area (Å²) in [5, 5.41) is 5.62. The molecule has 2 aromatic carbocycles. The standard InChI is InChI=1S/C21H23N3O3S2/c1-3-24-19-10-9-17(29(22,26)27)12-18(19)23-21(24)28-13(2)20(25)16-8-7-14-5-4-6-15(14)11-16/h7-13H,3-6H2,1-2H3,(H2,22,26,27). The molecule has 0 amide bonds. The molecule has 0 saturated heterocycles. The highest BCUT2D eigenvalue weighted by Gasteiger charge is 2.22. The van der Waals surface area contributed by atoms with Gasteiger partial charge in [-0.3, -0.25) is 4.79 Å². The van der Waals surface area contributed by atoms with Crippen molar-refractivity contribution < 1.29 is 13.2 Å². The van der Waals surface area contributed by atoms with E-state index in [-0.39, 0.29) is 15.9 Å². The van der Waals surface area contributed by atoms with Crippen molar-refractivity contribution in [2.75, 3.05) is 0 Å². The average Bonchev–Trinajstić information content (AvgIpc) is 3.28. The number of carbonyl (C=O) groups is 1. The van der Waals surface area contributed by atoms with Gasteiger partial charge >= 0.3 is 0 Å². The summed E-state index contributed by atoms with van der Waals surface area (Å²) in [6.07, 6.45) is 3.28. The van der Waals surface area contributed by atoms with Crippen LogP contribution in [0.3, 0.4) is 0 Å². The van der Waals surface area contributed by atoms with Crippen molar-refractivity contribution in [3.8, 4) is 0 Å². The van der Waals surface area contributed by atoms with Gasteiger partial charge in [-0.15, -0.1) is 0 Å². The third kappa shape index (κ3) is 3.84. The number of Topliss-reactive ketones (excluding diaryl/α,β-unsaturated/α-hetero) is 1. The molecule has 0 saturated carbocycles. The number of thioether (sulfide) groups is 1. The zero-order chi connectivity index (χ0) is 20.8. The molecule has 1 atom stereocenters. The molecule has 0 spiro atoms. The molecule has 0 bridgehead atoms. The lowest BCUT2D eigenvalue weighted by molar-refractivity contribution is 0.0993. The van der Waals surface area contributed by atoms with Gasteiger partial charge in [-0.2, -0.15) is 0 Å². The van der Waals surface area contributed by atoms with Crippen LogP contribution in [0.25, 0.3) is 11.0 Å². The van der Waals surface area contributed by atoms with Gasteiger partial charge in [0.15, 0.2) is 10.9 Å². The molecule has 1 unspecified atom stereocenters. The largest absolute Gasteiger partial charge is 0.319 e. The Hall–Kier alpha value is -2.16. The molecule has 2 N–H and O–H groups in total. The molecule has 29 heavy (non-hydrogen) atoms. The van der Waals surface area contributed by atoms with Crippen molar-refractivity contribution in [3.05, 3.63) is 53.1 Å². The van der Waals surface area contributed by atoms with E-state index in [2.05, 4.69) is 11.1 Å². The quantitative estimate of drug-likeness (QED) is 0.478. The van der Waals surface area contributed by atoms with Crippen molar-refractivity contribution in [3.63, 3.8) is 0 Å². The number of hydrogen-bond donors (Lipinski definition) is 1. The Balaban J connectivity index is 1.63. The number of aryl methyl sites for hydroxylation is 3. The lowest BCUT2D eigenvalue weighted by Gasteiger charge is -2.12. The molecule has 4 rings (SSSR count). The number of nitrogens with zero attached hydrogens (tertiary/aromatic N) is 2. The number of sulfonamides is 1. The summed E-state index contributed by atoms with van der Waals surface area (Å²) >= 11 is 1.39. The number of fused-ring (bicyclic) bond motifs is 2. The Morgan fingerprint density at radius 2 is 1.97 bits per heavy atom. The molecule has 8 heteroatoms. The number of hydrogen-bond acceptors (Lipinski definition) is 5. The Kier molecular flexibility index (Phi) is 5.27. The average molecular weight is 430 g/mol. The maximum Gasteiger partial charge on any atom is 0.238 e. The van der Waals surface area contributed by atoms with E-state index < -0.39 is 10.0 Å². The van der Waals surface area contributed by atoms with Crippen LogP contribution < -0.4 is 5.14 Å². The zero-order valence-corrected chi connectivity index (χ0v) is 18.0. The van der Waals surface area contributed by atoms with Gasteiger partial charge in [0.1, 0.15) is 0 Å². The normalized spacial score (nSPS) is 14.9. The topological polar surface area (TPSA) is 95.0 Å². The summed E-state index contributed by atoms with van der Waals surface area (Å²) in [7, 11) is -3.79. The van der Waals surface area contributed by atoms with Crippen molar-refractivity contribution in [1.82, 2.24) is 9.55 Å². The van der Waals surface area contributed by atoms with Crippen molar-refractivity contribution >= 4 is 38.6 Å². The molecular formula is C21H23N3O3S2. The Bertz CT molecular complexity index is 1220.